The molecule has 1 aromatic carbocycles. The van der Waals surface area contributed by atoms with Gasteiger partial charge in [-0.25, -0.2) is 4.39 Å². The lowest BCUT2D eigenvalue weighted by Crippen LogP contribution is -2.00. The Labute approximate surface area is 114 Å². The molecule has 0 N–H and O–H groups in total. The topological polar surface area (TPSA) is 17.8 Å². The minimum absolute atomic E-state index is 0.215. The highest BCUT2D eigenvalue weighted by Crippen LogP contribution is 2.22. The summed E-state index contributed by atoms with van der Waals surface area (Å²) in [4.78, 5) is 0. The second-order valence-corrected chi connectivity index (χ2v) is 4.98. The van der Waals surface area contributed by atoms with Crippen molar-refractivity contribution in [1.82, 2.24) is 9.78 Å². The van der Waals surface area contributed by atoms with Crippen molar-refractivity contribution in [2.24, 2.45) is 0 Å². The number of benzene rings is 1. The van der Waals surface area contributed by atoms with Crippen LogP contribution in [0.1, 0.15) is 23.7 Å². The number of aromatic nitrogens is 2. The molecule has 2 rings (SSSR count). The molecular weight excluding hydrogens is 295 g/mol. The normalized spacial score (nSPS) is 11.9. The number of aryl methyl sites for hydroxylation is 1. The van der Waals surface area contributed by atoms with Crippen LogP contribution in [0, 0.1) is 12.7 Å². The molecule has 18 heavy (non-hydrogen) atoms. The average Bonchev–Trinajstić information content (AvgIpc) is 2.72. The minimum Gasteiger partial charge on any atom is -0.267 e. The summed E-state index contributed by atoms with van der Waals surface area (Å²) >= 11 is 3.48. The van der Waals surface area contributed by atoms with Gasteiger partial charge in [-0.05, 0) is 53.0 Å². The highest BCUT2D eigenvalue weighted by atomic mass is 79.9. The van der Waals surface area contributed by atoms with E-state index < -0.39 is 0 Å². The second kappa shape index (κ2) is 5.48. The summed E-state index contributed by atoms with van der Waals surface area (Å²) < 4.78 is 15.7. The molecule has 0 aliphatic carbocycles. The number of hydrogen-bond donors (Lipinski definition) is 0. The van der Waals surface area contributed by atoms with Crippen molar-refractivity contribution in [2.75, 3.05) is 0 Å². The first kappa shape index (κ1) is 13.0. The Morgan fingerprint density at radius 3 is 2.67 bits per heavy atom. The Hall–Kier alpha value is -1.42. The van der Waals surface area contributed by atoms with Gasteiger partial charge < -0.3 is 0 Å². The van der Waals surface area contributed by atoms with E-state index in [0.717, 1.165) is 21.3 Å². The predicted octanol–water partition coefficient (Wildman–Crippen LogP) is 4.13. The van der Waals surface area contributed by atoms with Gasteiger partial charge >= 0.3 is 0 Å². The second-order valence-electron chi connectivity index (χ2n) is 4.12. The molecule has 1 heterocycles. The van der Waals surface area contributed by atoms with Crippen molar-refractivity contribution < 1.29 is 4.39 Å². The van der Waals surface area contributed by atoms with Crippen molar-refractivity contribution in [3.05, 3.63) is 59.2 Å². The molecule has 94 valence electrons. The van der Waals surface area contributed by atoms with Crippen molar-refractivity contribution in [2.45, 2.75) is 20.4 Å². The fourth-order valence-corrected chi connectivity index (χ4v) is 2.14. The molecule has 0 spiro atoms. The lowest BCUT2D eigenvalue weighted by atomic mass is 10.2. The molecule has 0 saturated carbocycles. The first-order valence-corrected chi connectivity index (χ1v) is 6.50. The van der Waals surface area contributed by atoms with E-state index in [4.69, 9.17) is 0 Å². The maximum absolute atomic E-state index is 12.8. The average molecular weight is 309 g/mol. The molecule has 0 aliphatic rings. The van der Waals surface area contributed by atoms with Gasteiger partial charge in [0, 0.05) is 10.7 Å². The van der Waals surface area contributed by atoms with Crippen molar-refractivity contribution in [3.63, 3.8) is 0 Å². The Morgan fingerprint density at radius 2 is 2.06 bits per heavy atom. The van der Waals surface area contributed by atoms with Crippen LogP contribution in [0.4, 0.5) is 4.39 Å². The van der Waals surface area contributed by atoms with Crippen LogP contribution in [0.15, 0.2) is 36.5 Å². The van der Waals surface area contributed by atoms with Crippen LogP contribution in [0.2, 0.25) is 0 Å². The van der Waals surface area contributed by atoms with Gasteiger partial charge in [-0.3, -0.25) is 4.68 Å². The molecule has 0 fully saturated rings. The maximum atomic E-state index is 12.8. The zero-order chi connectivity index (χ0) is 13.1. The van der Waals surface area contributed by atoms with Crippen LogP contribution in [0.3, 0.4) is 0 Å². The van der Waals surface area contributed by atoms with Crippen molar-refractivity contribution in [3.8, 4) is 0 Å². The zero-order valence-electron chi connectivity index (χ0n) is 10.3. The van der Waals surface area contributed by atoms with E-state index in [1.807, 2.05) is 30.8 Å². The number of allylic oxidation sites excluding steroid dienone is 1. The lowest BCUT2D eigenvalue weighted by molar-refractivity contribution is 0.624. The number of nitrogens with zero attached hydrogens (tertiary/aromatic N) is 2. The van der Waals surface area contributed by atoms with Gasteiger partial charge in [0.2, 0.25) is 0 Å². The van der Waals surface area contributed by atoms with Gasteiger partial charge in [0.1, 0.15) is 11.5 Å². The third-order valence-electron chi connectivity index (χ3n) is 2.68. The van der Waals surface area contributed by atoms with Gasteiger partial charge in [-0.2, -0.15) is 5.10 Å². The summed E-state index contributed by atoms with van der Waals surface area (Å²) in [5.74, 6) is -0.215. The van der Waals surface area contributed by atoms with Gasteiger partial charge in [-0.15, -0.1) is 0 Å². The summed E-state index contributed by atoms with van der Waals surface area (Å²) in [6, 6.07) is 6.48. The fraction of sp³-hybridized carbons (Fsp3) is 0.214. The highest BCUT2D eigenvalue weighted by molar-refractivity contribution is 9.15. The number of rotatable bonds is 3. The Morgan fingerprint density at radius 1 is 1.39 bits per heavy atom. The van der Waals surface area contributed by atoms with Crippen molar-refractivity contribution >= 4 is 20.4 Å². The van der Waals surface area contributed by atoms with Crippen LogP contribution in [-0.4, -0.2) is 9.78 Å². The first-order chi connectivity index (χ1) is 8.60. The number of hydrogen-bond acceptors (Lipinski definition) is 1. The molecule has 0 radical (unpaired) electrons. The molecule has 4 heteroatoms. The van der Waals surface area contributed by atoms with E-state index in [9.17, 15) is 4.39 Å². The van der Waals surface area contributed by atoms with E-state index in [2.05, 4.69) is 21.0 Å². The van der Waals surface area contributed by atoms with E-state index >= 15 is 0 Å². The van der Waals surface area contributed by atoms with Gasteiger partial charge in [0.25, 0.3) is 0 Å². The van der Waals surface area contributed by atoms with Crippen LogP contribution in [-0.2, 0) is 6.54 Å². The minimum atomic E-state index is -0.215. The summed E-state index contributed by atoms with van der Waals surface area (Å²) in [5.41, 5.74) is 3.09. The Balaban J connectivity index is 2.23. The van der Waals surface area contributed by atoms with Gasteiger partial charge in [0.15, 0.2) is 0 Å². The molecule has 2 nitrogen and oxygen atoms in total. The quantitative estimate of drug-likeness (QED) is 0.833. The molecule has 0 atom stereocenters. The molecule has 0 unspecified atom stereocenters. The number of halogens is 2. The largest absolute Gasteiger partial charge is 0.267 e. The van der Waals surface area contributed by atoms with E-state index in [1.165, 1.54) is 12.1 Å². The van der Waals surface area contributed by atoms with E-state index in [0.29, 0.717) is 6.54 Å². The third kappa shape index (κ3) is 2.88. The lowest BCUT2D eigenvalue weighted by Gasteiger charge is -2.01. The fourth-order valence-electron chi connectivity index (χ4n) is 1.75. The van der Waals surface area contributed by atoms with Crippen LogP contribution in [0.5, 0.6) is 0 Å². The third-order valence-corrected chi connectivity index (χ3v) is 3.52. The summed E-state index contributed by atoms with van der Waals surface area (Å²) in [5, 5.41) is 4.51. The van der Waals surface area contributed by atoms with Gasteiger partial charge in [0.05, 0.1) is 6.54 Å². The van der Waals surface area contributed by atoms with Crippen LogP contribution < -0.4 is 0 Å². The zero-order valence-corrected chi connectivity index (χ0v) is 11.9. The summed E-state index contributed by atoms with van der Waals surface area (Å²) in [7, 11) is 0. The Kier molecular flexibility index (Phi) is 3.97. The predicted molar refractivity (Wildman–Crippen MR) is 75.0 cm³/mol. The van der Waals surface area contributed by atoms with E-state index in [1.54, 1.807) is 12.1 Å². The first-order valence-electron chi connectivity index (χ1n) is 5.71. The molecule has 0 saturated heterocycles. The molecule has 1 aromatic heterocycles. The van der Waals surface area contributed by atoms with Crippen LogP contribution >= 0.6 is 15.9 Å². The Bertz CT molecular complexity index is 570. The monoisotopic (exact) mass is 308 g/mol. The molecule has 2 aromatic rings. The summed E-state index contributed by atoms with van der Waals surface area (Å²) in [6.45, 7) is 4.63. The molecule has 0 amide bonds. The molecule has 0 bridgehead atoms. The standard InChI is InChI=1S/C14H14BrFN2/c1-3-13(15)14-10(2)8-18(17-14)9-11-4-6-12(16)7-5-11/h3-8H,9H2,1-2H3/b13-3+. The SMILES string of the molecule is C/C=C(/Br)c1nn(Cc2ccc(F)cc2)cc1C. The smallest absolute Gasteiger partial charge is 0.123 e. The van der Waals surface area contributed by atoms with Crippen molar-refractivity contribution in [1.29, 1.82) is 0 Å². The summed E-state index contributed by atoms with van der Waals surface area (Å²) in [6.07, 6.45) is 3.96. The van der Waals surface area contributed by atoms with Crippen LogP contribution in [0.25, 0.3) is 4.48 Å². The van der Waals surface area contributed by atoms with Gasteiger partial charge in [-0.1, -0.05) is 18.2 Å². The molecule has 0 aliphatic heterocycles. The highest BCUT2D eigenvalue weighted by Gasteiger charge is 2.07. The maximum Gasteiger partial charge on any atom is 0.123 e. The molecular formula is C14H14BrFN2. The van der Waals surface area contributed by atoms with E-state index in [-0.39, 0.29) is 5.82 Å².